The van der Waals surface area contributed by atoms with Crippen LogP contribution in [0.3, 0.4) is 0 Å². The first kappa shape index (κ1) is 17.9. The summed E-state index contributed by atoms with van der Waals surface area (Å²) in [6, 6.07) is 15.3. The molecule has 0 spiro atoms. The number of benzene rings is 2. The topological polar surface area (TPSA) is 50.4 Å². The Balaban J connectivity index is 1.94. The van der Waals surface area contributed by atoms with E-state index in [2.05, 4.69) is 31.4 Å². The Morgan fingerprint density at radius 1 is 1.00 bits per heavy atom. The second-order valence-electron chi connectivity index (χ2n) is 6.92. The third-order valence-corrected chi connectivity index (χ3v) is 3.97. The molecule has 0 aliphatic heterocycles. The molecule has 0 saturated carbocycles. The Morgan fingerprint density at radius 3 is 2.08 bits per heavy atom. The highest BCUT2D eigenvalue weighted by Gasteiger charge is 2.14. The molecule has 2 aromatic rings. The number of hydrogen-bond donors (Lipinski definition) is 2. The van der Waals surface area contributed by atoms with Crippen molar-refractivity contribution in [3.8, 4) is 5.75 Å². The van der Waals surface area contributed by atoms with Crippen LogP contribution in [-0.4, -0.2) is 13.1 Å². The number of methoxy groups -OCH3 is 1. The molecule has 1 atom stereocenters. The van der Waals surface area contributed by atoms with Crippen LogP contribution >= 0.6 is 0 Å². The van der Waals surface area contributed by atoms with E-state index in [1.54, 1.807) is 7.11 Å². The van der Waals surface area contributed by atoms with E-state index in [9.17, 15) is 4.79 Å². The number of carbonyl (C=O) groups is 1. The van der Waals surface area contributed by atoms with Crippen LogP contribution in [0.1, 0.15) is 44.9 Å². The molecule has 24 heavy (non-hydrogen) atoms. The summed E-state index contributed by atoms with van der Waals surface area (Å²) in [6.45, 7) is 8.44. The number of anilines is 1. The number of rotatable bonds is 4. The first-order valence-electron chi connectivity index (χ1n) is 8.11. The lowest BCUT2D eigenvalue weighted by Gasteiger charge is -2.19. The van der Waals surface area contributed by atoms with Gasteiger partial charge < -0.3 is 15.4 Å². The fourth-order valence-corrected chi connectivity index (χ4v) is 2.39. The third kappa shape index (κ3) is 4.75. The molecule has 0 aliphatic carbocycles. The van der Waals surface area contributed by atoms with E-state index >= 15 is 0 Å². The second kappa shape index (κ2) is 7.39. The number of nitrogens with one attached hydrogen (secondary N) is 2. The quantitative estimate of drug-likeness (QED) is 0.841. The minimum absolute atomic E-state index is 0.0928. The Hall–Kier alpha value is -2.49. The van der Waals surface area contributed by atoms with Gasteiger partial charge in [0, 0.05) is 5.69 Å². The van der Waals surface area contributed by atoms with Crippen LogP contribution in [0.25, 0.3) is 0 Å². The molecule has 1 unspecified atom stereocenters. The van der Waals surface area contributed by atoms with Crippen LogP contribution in [0.15, 0.2) is 48.5 Å². The van der Waals surface area contributed by atoms with Crippen LogP contribution in [-0.2, 0) is 5.41 Å². The van der Waals surface area contributed by atoms with Crippen molar-refractivity contribution in [1.29, 1.82) is 0 Å². The van der Waals surface area contributed by atoms with E-state index in [-0.39, 0.29) is 17.5 Å². The molecule has 0 aromatic heterocycles. The molecule has 128 valence electrons. The molecule has 0 fully saturated rings. The predicted octanol–water partition coefficient (Wildman–Crippen LogP) is 4.88. The van der Waals surface area contributed by atoms with E-state index in [1.807, 2.05) is 55.5 Å². The molecular weight excluding hydrogens is 300 g/mol. The third-order valence-electron chi connectivity index (χ3n) is 3.97. The number of amides is 2. The standard InChI is InChI=1S/C20H26N2O2/c1-14(15-6-12-18(24-5)13-7-15)21-19(23)22-17-10-8-16(9-11-17)20(2,3)4/h6-14H,1-5H3,(H2,21,22,23). The Bertz CT molecular complexity index is 670. The fourth-order valence-electron chi connectivity index (χ4n) is 2.39. The van der Waals surface area contributed by atoms with Gasteiger partial charge in [0.15, 0.2) is 0 Å². The van der Waals surface area contributed by atoms with Gasteiger partial charge in [0.05, 0.1) is 13.2 Å². The van der Waals surface area contributed by atoms with Crippen molar-refractivity contribution in [3.05, 3.63) is 59.7 Å². The Morgan fingerprint density at radius 2 is 1.58 bits per heavy atom. The molecule has 2 N–H and O–H groups in total. The number of hydrogen-bond acceptors (Lipinski definition) is 2. The SMILES string of the molecule is COc1ccc(C(C)NC(=O)Nc2ccc(C(C)(C)C)cc2)cc1. The van der Waals surface area contributed by atoms with Gasteiger partial charge in [0.25, 0.3) is 0 Å². The monoisotopic (exact) mass is 326 g/mol. The van der Waals surface area contributed by atoms with Gasteiger partial charge >= 0.3 is 6.03 Å². The zero-order valence-electron chi connectivity index (χ0n) is 15.0. The molecule has 0 heterocycles. The zero-order chi connectivity index (χ0) is 17.7. The Kier molecular flexibility index (Phi) is 5.50. The summed E-state index contributed by atoms with van der Waals surface area (Å²) >= 11 is 0. The lowest BCUT2D eigenvalue weighted by molar-refractivity contribution is 0.249. The normalized spacial score (nSPS) is 12.4. The van der Waals surface area contributed by atoms with Gasteiger partial charge in [-0.05, 0) is 47.7 Å². The maximum atomic E-state index is 12.2. The highest BCUT2D eigenvalue weighted by molar-refractivity contribution is 5.89. The van der Waals surface area contributed by atoms with Gasteiger partial charge in [-0.25, -0.2) is 4.79 Å². The highest BCUT2D eigenvalue weighted by Crippen LogP contribution is 2.23. The van der Waals surface area contributed by atoms with Crippen molar-refractivity contribution >= 4 is 11.7 Å². The molecular formula is C20H26N2O2. The molecule has 2 rings (SSSR count). The molecule has 2 amide bonds. The maximum Gasteiger partial charge on any atom is 0.319 e. The number of urea groups is 1. The van der Waals surface area contributed by atoms with E-state index in [4.69, 9.17) is 4.74 Å². The molecule has 0 radical (unpaired) electrons. The van der Waals surface area contributed by atoms with Crippen LogP contribution in [0.2, 0.25) is 0 Å². The Labute approximate surface area is 144 Å². The van der Waals surface area contributed by atoms with E-state index in [0.29, 0.717) is 0 Å². The van der Waals surface area contributed by atoms with Crippen LogP contribution < -0.4 is 15.4 Å². The number of ether oxygens (including phenoxy) is 1. The molecule has 2 aromatic carbocycles. The summed E-state index contributed by atoms with van der Waals surface area (Å²) in [7, 11) is 1.63. The lowest BCUT2D eigenvalue weighted by atomic mass is 9.87. The lowest BCUT2D eigenvalue weighted by Crippen LogP contribution is -2.31. The van der Waals surface area contributed by atoms with Gasteiger partial charge in [-0.3, -0.25) is 0 Å². The smallest absolute Gasteiger partial charge is 0.319 e. The predicted molar refractivity (Wildman–Crippen MR) is 98.7 cm³/mol. The van der Waals surface area contributed by atoms with E-state index in [1.165, 1.54) is 5.56 Å². The fraction of sp³-hybridized carbons (Fsp3) is 0.350. The van der Waals surface area contributed by atoms with Crippen molar-refractivity contribution in [1.82, 2.24) is 5.32 Å². The molecule has 0 aliphatic rings. The van der Waals surface area contributed by atoms with Crippen molar-refractivity contribution < 1.29 is 9.53 Å². The van der Waals surface area contributed by atoms with E-state index in [0.717, 1.165) is 17.0 Å². The van der Waals surface area contributed by atoms with Gasteiger partial charge in [0.1, 0.15) is 5.75 Å². The largest absolute Gasteiger partial charge is 0.497 e. The van der Waals surface area contributed by atoms with Gasteiger partial charge in [-0.1, -0.05) is 45.0 Å². The summed E-state index contributed by atoms with van der Waals surface area (Å²) in [5.74, 6) is 0.800. The van der Waals surface area contributed by atoms with Crippen molar-refractivity contribution in [2.24, 2.45) is 0 Å². The van der Waals surface area contributed by atoms with Crippen molar-refractivity contribution in [2.75, 3.05) is 12.4 Å². The highest BCUT2D eigenvalue weighted by atomic mass is 16.5. The van der Waals surface area contributed by atoms with Crippen LogP contribution in [0.5, 0.6) is 5.75 Å². The zero-order valence-corrected chi connectivity index (χ0v) is 15.0. The minimum atomic E-state index is -0.221. The van der Waals surface area contributed by atoms with E-state index < -0.39 is 0 Å². The maximum absolute atomic E-state index is 12.2. The van der Waals surface area contributed by atoms with Crippen molar-refractivity contribution in [2.45, 2.75) is 39.2 Å². The summed E-state index contributed by atoms with van der Waals surface area (Å²) in [5, 5.41) is 5.81. The van der Waals surface area contributed by atoms with Gasteiger partial charge in [-0.15, -0.1) is 0 Å². The average Bonchev–Trinajstić information content (AvgIpc) is 2.54. The van der Waals surface area contributed by atoms with Gasteiger partial charge in [-0.2, -0.15) is 0 Å². The summed E-state index contributed by atoms with van der Waals surface area (Å²) in [4.78, 5) is 12.2. The average molecular weight is 326 g/mol. The molecule has 0 saturated heterocycles. The van der Waals surface area contributed by atoms with Crippen LogP contribution in [0, 0.1) is 0 Å². The molecule has 4 heteroatoms. The van der Waals surface area contributed by atoms with Gasteiger partial charge in [0.2, 0.25) is 0 Å². The summed E-state index contributed by atoms with van der Waals surface area (Å²) < 4.78 is 5.14. The second-order valence-corrected chi connectivity index (χ2v) is 6.92. The summed E-state index contributed by atoms with van der Waals surface area (Å²) in [5.41, 5.74) is 3.14. The van der Waals surface area contributed by atoms with Crippen LogP contribution in [0.4, 0.5) is 10.5 Å². The summed E-state index contributed by atoms with van der Waals surface area (Å²) in [6.07, 6.45) is 0. The first-order chi connectivity index (χ1) is 11.3. The van der Waals surface area contributed by atoms with Crippen molar-refractivity contribution in [3.63, 3.8) is 0 Å². The minimum Gasteiger partial charge on any atom is -0.497 e. The molecule has 0 bridgehead atoms. The first-order valence-corrected chi connectivity index (χ1v) is 8.11. The number of carbonyl (C=O) groups excluding carboxylic acids is 1. The molecule has 4 nitrogen and oxygen atoms in total.